The maximum Gasteiger partial charge on any atom is 0.266 e. The minimum absolute atomic E-state index is 0.228. The van der Waals surface area contributed by atoms with Crippen LogP contribution >= 0.6 is 11.8 Å². The summed E-state index contributed by atoms with van der Waals surface area (Å²) in [5.74, 6) is 2.74. The van der Waals surface area contributed by atoms with E-state index in [1.165, 1.54) is 17.8 Å². The van der Waals surface area contributed by atoms with Crippen molar-refractivity contribution in [3.8, 4) is 22.9 Å². The Labute approximate surface area is 189 Å². The number of ether oxygens (including phenoxy) is 3. The Morgan fingerprint density at radius 2 is 1.84 bits per heavy atom. The normalized spacial score (nSPS) is 11.1. The Morgan fingerprint density at radius 3 is 2.69 bits per heavy atom. The highest BCUT2D eigenvalue weighted by Gasteiger charge is 2.12. The Hall–Kier alpha value is -3.30. The second-order valence-corrected chi connectivity index (χ2v) is 8.06. The molecule has 0 unspecified atom stereocenters. The number of benzene rings is 2. The molecule has 2 heterocycles. The fraction of sp³-hybridized carbons (Fsp3) is 0.261. The summed E-state index contributed by atoms with van der Waals surface area (Å²) in [6.07, 6.45) is 0. The molecule has 2 aromatic carbocycles. The predicted molar refractivity (Wildman–Crippen MR) is 124 cm³/mol. The van der Waals surface area contributed by atoms with Gasteiger partial charge < -0.3 is 14.2 Å². The number of aromatic amines is 1. The highest BCUT2D eigenvalue weighted by atomic mass is 32.2. The van der Waals surface area contributed by atoms with E-state index in [1.54, 1.807) is 11.6 Å². The van der Waals surface area contributed by atoms with Crippen LogP contribution in [0.1, 0.15) is 5.56 Å². The minimum Gasteiger partial charge on any atom is -0.497 e. The Morgan fingerprint density at radius 1 is 1.00 bits per heavy atom. The monoisotopic (exact) mass is 452 g/mol. The molecule has 0 aliphatic carbocycles. The predicted octanol–water partition coefficient (Wildman–Crippen LogP) is 3.59. The summed E-state index contributed by atoms with van der Waals surface area (Å²) in [5, 5.41) is 3.38. The quantitative estimate of drug-likeness (QED) is 0.290. The summed E-state index contributed by atoms with van der Waals surface area (Å²) >= 11 is 1.48. The van der Waals surface area contributed by atoms with Crippen molar-refractivity contribution in [2.45, 2.75) is 12.1 Å². The van der Waals surface area contributed by atoms with Crippen LogP contribution in [0.3, 0.4) is 0 Å². The van der Waals surface area contributed by atoms with E-state index >= 15 is 0 Å². The van der Waals surface area contributed by atoms with Gasteiger partial charge in [-0.05, 0) is 36.8 Å². The standard InChI is InChI=1S/C23H24N4O4S/c1-16-5-3-8-19(13-16)31-10-9-30-11-12-32-23-25-22(17-6-4-7-18(14-17)29-2)24-20-15-21(28)26-27(20)23/h3-8,13-15H,9-12H2,1-2H3,(H,26,28). The van der Waals surface area contributed by atoms with Crippen molar-refractivity contribution >= 4 is 17.4 Å². The molecule has 8 nitrogen and oxygen atoms in total. The Balaban J connectivity index is 1.36. The number of rotatable bonds is 10. The molecule has 166 valence electrons. The first kappa shape index (κ1) is 21.9. The average molecular weight is 453 g/mol. The molecule has 0 radical (unpaired) electrons. The lowest BCUT2D eigenvalue weighted by atomic mass is 10.2. The van der Waals surface area contributed by atoms with Gasteiger partial charge in [0.05, 0.1) is 20.3 Å². The molecule has 0 spiro atoms. The SMILES string of the molecule is COc1cccc(-c2nc(SCCOCCOc3cccc(C)c3)n3[nH]c(=O)cc3n2)c1. The lowest BCUT2D eigenvalue weighted by Crippen LogP contribution is -2.09. The number of fused-ring (bicyclic) bond motifs is 1. The van der Waals surface area contributed by atoms with Gasteiger partial charge in [-0.2, -0.15) is 0 Å². The summed E-state index contributed by atoms with van der Waals surface area (Å²) in [7, 11) is 1.61. The lowest BCUT2D eigenvalue weighted by Gasteiger charge is -2.09. The largest absolute Gasteiger partial charge is 0.497 e. The van der Waals surface area contributed by atoms with E-state index in [4.69, 9.17) is 14.2 Å². The number of hydrogen-bond acceptors (Lipinski definition) is 7. The van der Waals surface area contributed by atoms with Gasteiger partial charge in [0.25, 0.3) is 5.56 Å². The van der Waals surface area contributed by atoms with Gasteiger partial charge in [-0.3, -0.25) is 9.89 Å². The molecule has 0 amide bonds. The maximum absolute atomic E-state index is 11.9. The molecule has 4 rings (SSSR count). The molecule has 0 aliphatic rings. The third-order valence-electron chi connectivity index (χ3n) is 4.60. The summed E-state index contributed by atoms with van der Waals surface area (Å²) < 4.78 is 18.3. The highest BCUT2D eigenvalue weighted by Crippen LogP contribution is 2.24. The van der Waals surface area contributed by atoms with Gasteiger partial charge >= 0.3 is 0 Å². The molecule has 4 aromatic rings. The second-order valence-electron chi connectivity index (χ2n) is 7.00. The van der Waals surface area contributed by atoms with E-state index in [2.05, 4.69) is 15.1 Å². The fourth-order valence-corrected chi connectivity index (χ4v) is 3.89. The molecule has 0 saturated carbocycles. The molecule has 2 aromatic heterocycles. The minimum atomic E-state index is -0.228. The molecule has 0 fully saturated rings. The number of H-pyrrole nitrogens is 1. The van der Waals surface area contributed by atoms with Crippen molar-refractivity contribution in [2.75, 3.05) is 32.7 Å². The number of hydrogen-bond donors (Lipinski definition) is 1. The van der Waals surface area contributed by atoms with Crippen molar-refractivity contribution in [1.82, 2.24) is 19.6 Å². The number of aryl methyl sites for hydroxylation is 1. The molecule has 1 N–H and O–H groups in total. The topological polar surface area (TPSA) is 90.7 Å². The zero-order valence-electron chi connectivity index (χ0n) is 17.9. The molecule has 0 saturated heterocycles. The Kier molecular flexibility index (Phi) is 7.08. The zero-order valence-corrected chi connectivity index (χ0v) is 18.7. The van der Waals surface area contributed by atoms with Crippen LogP contribution in [0, 0.1) is 6.92 Å². The van der Waals surface area contributed by atoms with E-state index in [-0.39, 0.29) is 5.56 Å². The van der Waals surface area contributed by atoms with Crippen LogP contribution in [0.25, 0.3) is 17.0 Å². The van der Waals surface area contributed by atoms with Crippen molar-refractivity contribution in [2.24, 2.45) is 0 Å². The first-order valence-corrected chi connectivity index (χ1v) is 11.2. The van der Waals surface area contributed by atoms with Crippen LogP contribution < -0.4 is 15.0 Å². The van der Waals surface area contributed by atoms with E-state index in [0.717, 1.165) is 16.9 Å². The van der Waals surface area contributed by atoms with E-state index in [0.29, 0.717) is 48.0 Å². The van der Waals surface area contributed by atoms with Crippen LogP contribution in [-0.2, 0) is 4.74 Å². The fourth-order valence-electron chi connectivity index (χ4n) is 3.09. The van der Waals surface area contributed by atoms with Gasteiger partial charge in [0.1, 0.15) is 18.1 Å². The third kappa shape index (κ3) is 5.49. The Bertz CT molecular complexity index is 1250. The van der Waals surface area contributed by atoms with Gasteiger partial charge in [-0.15, -0.1) is 0 Å². The molecule has 0 atom stereocenters. The van der Waals surface area contributed by atoms with Crippen LogP contribution in [0.2, 0.25) is 0 Å². The first-order chi connectivity index (χ1) is 15.6. The summed E-state index contributed by atoms with van der Waals surface area (Å²) in [6.45, 7) is 3.52. The summed E-state index contributed by atoms with van der Waals surface area (Å²) in [5.41, 5.74) is 2.26. The van der Waals surface area contributed by atoms with Crippen molar-refractivity contribution in [3.63, 3.8) is 0 Å². The number of nitrogens with zero attached hydrogens (tertiary/aromatic N) is 3. The first-order valence-electron chi connectivity index (χ1n) is 10.2. The maximum atomic E-state index is 11.9. The van der Waals surface area contributed by atoms with Gasteiger partial charge in [0, 0.05) is 17.4 Å². The van der Waals surface area contributed by atoms with Gasteiger partial charge in [0.2, 0.25) is 0 Å². The van der Waals surface area contributed by atoms with Crippen LogP contribution in [0.15, 0.2) is 64.5 Å². The third-order valence-corrected chi connectivity index (χ3v) is 5.50. The smallest absolute Gasteiger partial charge is 0.266 e. The van der Waals surface area contributed by atoms with Gasteiger partial charge in [-0.25, -0.2) is 14.5 Å². The van der Waals surface area contributed by atoms with Crippen molar-refractivity contribution in [1.29, 1.82) is 0 Å². The summed E-state index contributed by atoms with van der Waals surface area (Å²) in [6, 6.07) is 16.9. The average Bonchev–Trinajstić information content (AvgIpc) is 3.18. The molecule has 0 aliphatic heterocycles. The molecule has 9 heteroatoms. The number of methoxy groups -OCH3 is 1. The van der Waals surface area contributed by atoms with Crippen LogP contribution in [-0.4, -0.2) is 52.3 Å². The van der Waals surface area contributed by atoms with Gasteiger partial charge in [-0.1, -0.05) is 36.0 Å². The number of nitrogens with one attached hydrogen (secondary N) is 1. The van der Waals surface area contributed by atoms with E-state index < -0.39 is 0 Å². The van der Waals surface area contributed by atoms with Crippen molar-refractivity contribution < 1.29 is 14.2 Å². The lowest BCUT2D eigenvalue weighted by molar-refractivity contribution is 0.112. The number of thioether (sulfide) groups is 1. The van der Waals surface area contributed by atoms with Crippen LogP contribution in [0.5, 0.6) is 11.5 Å². The van der Waals surface area contributed by atoms with Crippen molar-refractivity contribution in [3.05, 3.63) is 70.5 Å². The van der Waals surface area contributed by atoms with E-state index in [1.807, 2.05) is 55.5 Å². The zero-order chi connectivity index (χ0) is 22.3. The summed E-state index contributed by atoms with van der Waals surface area (Å²) in [4.78, 5) is 21.0. The second kappa shape index (κ2) is 10.3. The molecule has 0 bridgehead atoms. The van der Waals surface area contributed by atoms with Crippen LogP contribution in [0.4, 0.5) is 0 Å². The highest BCUT2D eigenvalue weighted by molar-refractivity contribution is 7.99. The molecular weight excluding hydrogens is 428 g/mol. The van der Waals surface area contributed by atoms with E-state index in [9.17, 15) is 4.79 Å². The van der Waals surface area contributed by atoms with Gasteiger partial charge in [0.15, 0.2) is 16.6 Å². The molecule has 32 heavy (non-hydrogen) atoms. The number of aromatic nitrogens is 4. The molecular formula is C23H24N4O4S.